The molecule has 0 bridgehead atoms. The van der Waals surface area contributed by atoms with Crippen molar-refractivity contribution in [1.29, 1.82) is 0 Å². The van der Waals surface area contributed by atoms with Crippen molar-refractivity contribution in [1.82, 2.24) is 9.55 Å². The SMILES string of the molecule is Cc1cc(C)n(CC(=O)Nc2ccc(C)c(NS(C)(=O)=O)c2)c(=O)n1. The van der Waals surface area contributed by atoms with E-state index in [0.717, 1.165) is 11.8 Å². The molecule has 0 aliphatic heterocycles. The number of carbonyl (C=O) groups excluding carboxylic acids is 1. The molecule has 1 heterocycles. The van der Waals surface area contributed by atoms with Crippen LogP contribution in [0.25, 0.3) is 0 Å². The van der Waals surface area contributed by atoms with E-state index in [-0.39, 0.29) is 6.54 Å². The van der Waals surface area contributed by atoms with Crippen LogP contribution < -0.4 is 15.7 Å². The van der Waals surface area contributed by atoms with Crippen LogP contribution in [0.1, 0.15) is 17.0 Å². The van der Waals surface area contributed by atoms with Crippen LogP contribution in [0.15, 0.2) is 29.1 Å². The molecule has 1 aromatic heterocycles. The van der Waals surface area contributed by atoms with Gasteiger partial charge in [-0.05, 0) is 44.5 Å². The van der Waals surface area contributed by atoms with Gasteiger partial charge in [-0.1, -0.05) is 6.07 Å². The second kappa shape index (κ2) is 7.06. The van der Waals surface area contributed by atoms with Crippen LogP contribution in [0.5, 0.6) is 0 Å². The molecule has 134 valence electrons. The lowest BCUT2D eigenvalue weighted by Gasteiger charge is -2.12. The Morgan fingerprint density at radius 2 is 1.88 bits per heavy atom. The Morgan fingerprint density at radius 3 is 2.48 bits per heavy atom. The smallest absolute Gasteiger partial charge is 0.324 e. The summed E-state index contributed by atoms with van der Waals surface area (Å²) in [6, 6.07) is 6.59. The number of anilines is 2. The lowest BCUT2D eigenvalue weighted by molar-refractivity contribution is -0.116. The minimum Gasteiger partial charge on any atom is -0.324 e. The van der Waals surface area contributed by atoms with Crippen molar-refractivity contribution in [3.05, 3.63) is 51.7 Å². The summed E-state index contributed by atoms with van der Waals surface area (Å²) in [5, 5.41) is 2.65. The van der Waals surface area contributed by atoms with Crippen LogP contribution in [0.3, 0.4) is 0 Å². The quantitative estimate of drug-likeness (QED) is 0.828. The molecule has 9 heteroatoms. The first kappa shape index (κ1) is 18.7. The second-order valence-corrected chi connectivity index (χ2v) is 7.61. The Bertz CT molecular complexity index is 980. The first-order valence-corrected chi connectivity index (χ1v) is 9.37. The van der Waals surface area contributed by atoms with Crippen LogP contribution in [-0.4, -0.2) is 30.1 Å². The van der Waals surface area contributed by atoms with Crippen molar-refractivity contribution >= 4 is 27.3 Å². The van der Waals surface area contributed by atoms with Gasteiger partial charge in [-0.15, -0.1) is 0 Å². The fourth-order valence-electron chi connectivity index (χ4n) is 2.32. The first-order valence-electron chi connectivity index (χ1n) is 7.48. The van der Waals surface area contributed by atoms with E-state index in [1.807, 2.05) is 0 Å². The number of nitrogens with zero attached hydrogens (tertiary/aromatic N) is 2. The molecule has 0 unspecified atom stereocenters. The Morgan fingerprint density at radius 1 is 1.20 bits per heavy atom. The molecule has 0 fully saturated rings. The summed E-state index contributed by atoms with van der Waals surface area (Å²) in [6.07, 6.45) is 1.05. The van der Waals surface area contributed by atoms with Gasteiger partial charge in [0.2, 0.25) is 15.9 Å². The second-order valence-electron chi connectivity index (χ2n) is 5.86. The fraction of sp³-hybridized carbons (Fsp3) is 0.312. The third-order valence-corrected chi connectivity index (χ3v) is 4.06. The van der Waals surface area contributed by atoms with Crippen LogP contribution in [0.4, 0.5) is 11.4 Å². The highest BCUT2D eigenvalue weighted by molar-refractivity contribution is 7.92. The molecule has 8 nitrogen and oxygen atoms in total. The highest BCUT2D eigenvalue weighted by atomic mass is 32.2. The number of amides is 1. The normalized spacial score (nSPS) is 11.2. The van der Waals surface area contributed by atoms with Crippen molar-refractivity contribution in [2.24, 2.45) is 0 Å². The number of nitrogens with one attached hydrogen (secondary N) is 2. The monoisotopic (exact) mass is 364 g/mol. The van der Waals surface area contributed by atoms with Crippen molar-refractivity contribution in [3.63, 3.8) is 0 Å². The van der Waals surface area contributed by atoms with Gasteiger partial charge >= 0.3 is 5.69 Å². The zero-order chi connectivity index (χ0) is 18.8. The lowest BCUT2D eigenvalue weighted by atomic mass is 10.2. The fourth-order valence-corrected chi connectivity index (χ4v) is 2.94. The van der Waals surface area contributed by atoms with Crippen molar-refractivity contribution in [2.75, 3.05) is 16.3 Å². The number of hydrogen-bond donors (Lipinski definition) is 2. The van der Waals surface area contributed by atoms with E-state index in [9.17, 15) is 18.0 Å². The maximum absolute atomic E-state index is 12.2. The summed E-state index contributed by atoms with van der Waals surface area (Å²) in [4.78, 5) is 27.9. The van der Waals surface area contributed by atoms with Crippen molar-refractivity contribution in [2.45, 2.75) is 27.3 Å². The van der Waals surface area contributed by atoms with Gasteiger partial charge in [0.05, 0.1) is 11.9 Å². The van der Waals surface area contributed by atoms with E-state index in [1.54, 1.807) is 39.0 Å². The molecule has 1 amide bonds. The summed E-state index contributed by atoms with van der Waals surface area (Å²) in [7, 11) is -3.43. The van der Waals surface area contributed by atoms with Crippen molar-refractivity contribution < 1.29 is 13.2 Å². The van der Waals surface area contributed by atoms with E-state index in [2.05, 4.69) is 15.0 Å². The topological polar surface area (TPSA) is 110 Å². The van der Waals surface area contributed by atoms with Gasteiger partial charge in [0.1, 0.15) is 6.54 Å². The molecular weight excluding hydrogens is 344 g/mol. The highest BCUT2D eigenvalue weighted by Crippen LogP contribution is 2.21. The summed E-state index contributed by atoms with van der Waals surface area (Å²) < 4.78 is 26.4. The van der Waals surface area contributed by atoms with Crippen LogP contribution in [-0.2, 0) is 21.4 Å². The molecule has 1 aromatic carbocycles. The number of benzene rings is 1. The van der Waals surface area contributed by atoms with Gasteiger partial charge in [-0.3, -0.25) is 14.1 Å². The maximum Gasteiger partial charge on any atom is 0.348 e. The average Bonchev–Trinajstić information content (AvgIpc) is 2.45. The van der Waals surface area contributed by atoms with Crippen LogP contribution in [0, 0.1) is 20.8 Å². The standard InChI is InChI=1S/C16H20N4O4S/c1-10-5-6-13(8-14(10)19-25(4,23)24)18-15(21)9-20-12(3)7-11(2)17-16(20)22/h5-8,19H,9H2,1-4H3,(H,18,21). The number of rotatable bonds is 5. The number of aryl methyl sites for hydroxylation is 3. The highest BCUT2D eigenvalue weighted by Gasteiger charge is 2.11. The van der Waals surface area contributed by atoms with Crippen LogP contribution in [0.2, 0.25) is 0 Å². The van der Waals surface area contributed by atoms with Gasteiger partial charge in [0, 0.05) is 17.1 Å². The number of sulfonamides is 1. The molecule has 0 spiro atoms. The molecule has 2 N–H and O–H groups in total. The lowest BCUT2D eigenvalue weighted by Crippen LogP contribution is -2.31. The Labute approximate surface area is 146 Å². The average molecular weight is 364 g/mol. The summed E-state index contributed by atoms with van der Waals surface area (Å²) in [6.45, 7) is 5.01. The molecule has 2 aromatic rings. The summed E-state index contributed by atoms with van der Waals surface area (Å²) in [5.74, 6) is -0.412. The van der Waals surface area contributed by atoms with Crippen molar-refractivity contribution in [3.8, 4) is 0 Å². The van der Waals surface area contributed by atoms with Gasteiger partial charge in [0.25, 0.3) is 0 Å². The van der Waals surface area contributed by atoms with Gasteiger partial charge < -0.3 is 5.32 Å². The number of hydrogen-bond acceptors (Lipinski definition) is 5. The molecule has 0 radical (unpaired) electrons. The Kier molecular flexibility index (Phi) is 5.27. The third-order valence-electron chi connectivity index (χ3n) is 3.46. The van der Waals surface area contributed by atoms with E-state index < -0.39 is 21.6 Å². The predicted molar refractivity (Wildman–Crippen MR) is 96.2 cm³/mol. The van der Waals surface area contributed by atoms with E-state index in [1.165, 1.54) is 10.6 Å². The number of carbonyl (C=O) groups is 1. The molecule has 0 aliphatic rings. The zero-order valence-corrected chi connectivity index (χ0v) is 15.3. The zero-order valence-electron chi connectivity index (χ0n) is 14.5. The first-order chi connectivity index (χ1) is 11.5. The van der Waals surface area contributed by atoms with E-state index in [0.29, 0.717) is 22.8 Å². The largest absolute Gasteiger partial charge is 0.348 e. The molecule has 0 saturated carbocycles. The summed E-state index contributed by atoms with van der Waals surface area (Å²) >= 11 is 0. The minimum atomic E-state index is -3.43. The Hall–Kier alpha value is -2.68. The Balaban J connectivity index is 2.19. The maximum atomic E-state index is 12.2. The molecule has 2 rings (SSSR count). The van der Waals surface area contributed by atoms with Gasteiger partial charge in [-0.2, -0.15) is 4.98 Å². The van der Waals surface area contributed by atoms with E-state index >= 15 is 0 Å². The minimum absolute atomic E-state index is 0.180. The van der Waals surface area contributed by atoms with Gasteiger partial charge in [0.15, 0.2) is 0 Å². The van der Waals surface area contributed by atoms with Gasteiger partial charge in [-0.25, -0.2) is 13.2 Å². The third kappa shape index (κ3) is 5.15. The number of aromatic nitrogens is 2. The molecule has 25 heavy (non-hydrogen) atoms. The molecule has 0 atom stereocenters. The molecule has 0 aliphatic carbocycles. The summed E-state index contributed by atoms with van der Waals surface area (Å²) in [5.41, 5.74) is 2.26. The van der Waals surface area contributed by atoms with Crippen LogP contribution >= 0.6 is 0 Å². The van der Waals surface area contributed by atoms with E-state index in [4.69, 9.17) is 0 Å². The molecule has 0 saturated heterocycles. The molecular formula is C16H20N4O4S. The predicted octanol–water partition coefficient (Wildman–Crippen LogP) is 1.18.